The third-order valence-electron chi connectivity index (χ3n) is 9.58. The highest BCUT2D eigenvalue weighted by Gasteiger charge is 2.42. The van der Waals surface area contributed by atoms with Gasteiger partial charge < -0.3 is 0 Å². The molecule has 3 heteroatoms. The van der Waals surface area contributed by atoms with Gasteiger partial charge in [-0.1, -0.05) is 101 Å². The molecule has 0 bridgehead atoms. The van der Waals surface area contributed by atoms with Crippen molar-refractivity contribution in [3.8, 4) is 11.6 Å². The van der Waals surface area contributed by atoms with Gasteiger partial charge in [-0.05, 0) is 76.1 Å². The Hall–Kier alpha value is -0.870. The van der Waals surface area contributed by atoms with Gasteiger partial charge in [0.15, 0.2) is 0 Å². The van der Waals surface area contributed by atoms with E-state index in [0.717, 1.165) is 24.2 Å². The summed E-state index contributed by atoms with van der Waals surface area (Å²) in [5.74, 6) is 3.78. The lowest BCUT2D eigenvalue weighted by molar-refractivity contribution is 0.135. The molecule has 1 aromatic rings. The summed E-state index contributed by atoms with van der Waals surface area (Å²) in [5, 5.41) is 0. The Morgan fingerprint density at radius 2 is 0.861 bits per heavy atom. The minimum absolute atomic E-state index is 0.605. The van der Waals surface area contributed by atoms with Crippen molar-refractivity contribution < 1.29 is 0 Å². The van der Waals surface area contributed by atoms with E-state index in [1.807, 2.05) is 0 Å². The molecular formula is C33H51N2P. The number of rotatable bonds is 6. The van der Waals surface area contributed by atoms with Crippen LogP contribution in [0.3, 0.4) is 0 Å². The van der Waals surface area contributed by atoms with Gasteiger partial charge in [0, 0.05) is 29.7 Å². The molecule has 0 spiro atoms. The molecule has 4 fully saturated rings. The molecule has 0 N–H and O–H groups in total. The Labute approximate surface area is 223 Å². The molecule has 4 aliphatic rings. The van der Waals surface area contributed by atoms with Crippen molar-refractivity contribution in [2.75, 3.05) is 0 Å². The van der Waals surface area contributed by atoms with Crippen LogP contribution in [-0.4, -0.2) is 33.5 Å². The van der Waals surface area contributed by atoms with Gasteiger partial charge in [-0.25, -0.2) is 0 Å². The van der Waals surface area contributed by atoms with Crippen molar-refractivity contribution in [1.29, 1.82) is 0 Å². The Kier molecular flexibility index (Phi) is 10.2. The fraction of sp³-hybridized carbons (Fsp3) is 0.758. The number of hydrogen-bond donors (Lipinski definition) is 0. The number of benzene rings is 1. The van der Waals surface area contributed by atoms with Crippen LogP contribution in [0.15, 0.2) is 24.3 Å². The maximum Gasteiger partial charge on any atom is 0.123 e. The molecule has 2 nitrogen and oxygen atoms in total. The molecule has 0 saturated heterocycles. The van der Waals surface area contributed by atoms with Gasteiger partial charge in [0.1, 0.15) is 8.22 Å². The van der Waals surface area contributed by atoms with E-state index < -0.39 is 8.22 Å². The summed E-state index contributed by atoms with van der Waals surface area (Å²) in [4.78, 5) is 0. The van der Waals surface area contributed by atoms with Crippen molar-refractivity contribution in [3.05, 3.63) is 35.4 Å². The highest BCUT2D eigenvalue weighted by molar-refractivity contribution is 7.58. The van der Waals surface area contributed by atoms with E-state index in [0.29, 0.717) is 0 Å². The zero-order chi connectivity index (χ0) is 24.6. The summed E-state index contributed by atoms with van der Waals surface area (Å²) < 4.78 is 6.25. The van der Waals surface area contributed by atoms with Crippen LogP contribution in [0.2, 0.25) is 0 Å². The fourth-order valence-corrected chi connectivity index (χ4v) is 10.4. The van der Waals surface area contributed by atoms with Crippen LogP contribution in [0.1, 0.15) is 140 Å². The zero-order valence-corrected chi connectivity index (χ0v) is 24.0. The van der Waals surface area contributed by atoms with Crippen LogP contribution < -0.4 is 0 Å². The highest BCUT2D eigenvalue weighted by atomic mass is 31.1. The number of nitrogens with zero attached hydrogens (tertiary/aromatic N) is 2. The largest absolute Gasteiger partial charge is 0.254 e. The van der Waals surface area contributed by atoms with E-state index in [2.05, 4.69) is 52.1 Å². The second kappa shape index (κ2) is 13.8. The Morgan fingerprint density at radius 1 is 0.528 bits per heavy atom. The molecule has 1 aromatic carbocycles. The molecule has 5 rings (SSSR count). The van der Waals surface area contributed by atoms with Gasteiger partial charge >= 0.3 is 0 Å². The van der Waals surface area contributed by atoms with E-state index in [4.69, 9.17) is 0 Å². The molecular weight excluding hydrogens is 455 g/mol. The molecule has 0 atom stereocenters. The Morgan fingerprint density at radius 3 is 1.19 bits per heavy atom. The predicted molar refractivity (Wildman–Crippen MR) is 156 cm³/mol. The summed E-state index contributed by atoms with van der Waals surface area (Å²) in [7, 11) is -0.605. The maximum absolute atomic E-state index is 4.11. The van der Waals surface area contributed by atoms with E-state index in [1.54, 1.807) is 0 Å². The first-order valence-electron chi connectivity index (χ1n) is 15.7. The smallest absolute Gasteiger partial charge is 0.123 e. The van der Waals surface area contributed by atoms with Crippen molar-refractivity contribution in [1.82, 2.24) is 9.34 Å². The summed E-state index contributed by atoms with van der Waals surface area (Å²) in [5.41, 5.74) is 6.66. The van der Waals surface area contributed by atoms with Crippen LogP contribution >= 0.6 is 8.22 Å². The third-order valence-corrected chi connectivity index (χ3v) is 12.1. The topological polar surface area (TPSA) is 6.48 Å². The number of hydrogen-bond acceptors (Lipinski definition) is 2. The normalized spacial score (nSPS) is 23.8. The summed E-state index contributed by atoms with van der Waals surface area (Å²) in [6.45, 7) is 2.19. The van der Waals surface area contributed by atoms with Gasteiger partial charge in [0.25, 0.3) is 0 Å². The van der Waals surface area contributed by atoms with Crippen LogP contribution in [-0.2, 0) is 0 Å². The minimum atomic E-state index is -0.605. The molecule has 198 valence electrons. The van der Waals surface area contributed by atoms with E-state index >= 15 is 0 Å². The SMILES string of the molecule is Cc1ccc(C#CP(N(C2CCCCC2)C2CCCCC2)N(C2CCCCC2)C2CCCCC2)cc1. The average molecular weight is 507 g/mol. The second-order valence-electron chi connectivity index (χ2n) is 12.3. The molecule has 4 aliphatic carbocycles. The van der Waals surface area contributed by atoms with Crippen LogP contribution in [0.25, 0.3) is 0 Å². The minimum Gasteiger partial charge on any atom is -0.254 e. The Bertz CT molecular complexity index is 755. The van der Waals surface area contributed by atoms with Gasteiger partial charge in [-0.15, -0.1) is 0 Å². The van der Waals surface area contributed by atoms with E-state index in [1.165, 1.54) is 140 Å². The summed E-state index contributed by atoms with van der Waals surface area (Å²) >= 11 is 0. The first-order chi connectivity index (χ1) is 17.8. The van der Waals surface area contributed by atoms with E-state index in [-0.39, 0.29) is 0 Å². The van der Waals surface area contributed by atoms with Gasteiger partial charge in [0.05, 0.1) is 0 Å². The van der Waals surface area contributed by atoms with Gasteiger partial charge in [0.2, 0.25) is 0 Å². The predicted octanol–water partition coefficient (Wildman–Crippen LogP) is 9.55. The second-order valence-corrected chi connectivity index (χ2v) is 14.0. The molecule has 0 heterocycles. The lowest BCUT2D eigenvalue weighted by atomic mass is 9.90. The average Bonchev–Trinajstić information content (AvgIpc) is 2.95. The van der Waals surface area contributed by atoms with E-state index in [9.17, 15) is 0 Å². The van der Waals surface area contributed by atoms with Gasteiger partial charge in [-0.2, -0.15) is 0 Å². The van der Waals surface area contributed by atoms with Crippen molar-refractivity contribution >= 4 is 8.22 Å². The first-order valence-corrected chi connectivity index (χ1v) is 17.0. The third kappa shape index (κ3) is 6.95. The van der Waals surface area contributed by atoms with Crippen molar-refractivity contribution in [2.24, 2.45) is 0 Å². The number of aryl methyl sites for hydroxylation is 1. The molecule has 4 saturated carbocycles. The summed E-state index contributed by atoms with van der Waals surface area (Å²) in [6, 6.07) is 12.0. The molecule has 0 amide bonds. The first kappa shape index (κ1) is 26.7. The lowest BCUT2D eigenvalue weighted by Crippen LogP contribution is -2.49. The monoisotopic (exact) mass is 506 g/mol. The molecule has 0 radical (unpaired) electrons. The van der Waals surface area contributed by atoms with Crippen molar-refractivity contribution in [3.63, 3.8) is 0 Å². The van der Waals surface area contributed by atoms with Crippen LogP contribution in [0.5, 0.6) is 0 Å². The summed E-state index contributed by atoms with van der Waals surface area (Å²) in [6.07, 6.45) is 28.4. The quantitative estimate of drug-likeness (QED) is 0.280. The maximum atomic E-state index is 4.11. The van der Waals surface area contributed by atoms with Crippen LogP contribution in [0, 0.1) is 18.5 Å². The standard InChI is InChI=1S/C33H51N2P/c1-28-22-24-29(25-23-28)26-27-36(34(30-14-6-2-7-15-30)31-16-8-3-9-17-31)35(32-18-10-4-11-19-32)33-20-12-5-13-21-33/h22-25,30-33H,2-21H2,1H3. The van der Waals surface area contributed by atoms with Gasteiger partial charge in [-0.3, -0.25) is 9.34 Å². The van der Waals surface area contributed by atoms with Crippen LogP contribution in [0.4, 0.5) is 0 Å². The molecule has 0 aromatic heterocycles. The highest BCUT2D eigenvalue weighted by Crippen LogP contribution is 2.55. The zero-order valence-electron chi connectivity index (χ0n) is 23.1. The molecule has 0 unspecified atom stereocenters. The lowest BCUT2D eigenvalue weighted by Gasteiger charge is -2.52. The Balaban J connectivity index is 1.55. The fourth-order valence-electron chi connectivity index (χ4n) is 7.58. The molecule has 0 aliphatic heterocycles. The van der Waals surface area contributed by atoms with Crippen molar-refractivity contribution in [2.45, 2.75) is 160 Å². The molecule has 36 heavy (non-hydrogen) atoms.